The van der Waals surface area contributed by atoms with Gasteiger partial charge >= 0.3 is 5.97 Å². The van der Waals surface area contributed by atoms with Crippen molar-refractivity contribution in [3.8, 4) is 0 Å². The predicted octanol–water partition coefficient (Wildman–Crippen LogP) is 1.37. The van der Waals surface area contributed by atoms with Gasteiger partial charge in [-0.05, 0) is 6.07 Å². The fourth-order valence-corrected chi connectivity index (χ4v) is 2.82. The number of benzodiazepines with no additional fused rings is 1. The molecular formula is C19H19N3O3. The summed E-state index contributed by atoms with van der Waals surface area (Å²) in [5.74, 6) is -0.812. The van der Waals surface area contributed by atoms with Gasteiger partial charge in [0.15, 0.2) is 0 Å². The fraction of sp³-hybridized carbons (Fsp3) is 0.211. The van der Waals surface area contributed by atoms with Crippen LogP contribution in [-0.2, 0) is 14.3 Å². The summed E-state index contributed by atoms with van der Waals surface area (Å²) in [5, 5.41) is 0. The molecule has 1 unspecified atom stereocenters. The minimum absolute atomic E-state index is 0.0564. The molecule has 1 heterocycles. The normalized spacial score (nSPS) is 16.7. The van der Waals surface area contributed by atoms with Gasteiger partial charge < -0.3 is 10.5 Å². The first kappa shape index (κ1) is 16.9. The van der Waals surface area contributed by atoms with Crippen molar-refractivity contribution in [3.05, 3.63) is 65.7 Å². The number of esters is 1. The molecule has 2 aromatic carbocycles. The van der Waals surface area contributed by atoms with E-state index in [1.54, 1.807) is 6.07 Å². The number of fused-ring (bicyclic) bond motifs is 1. The van der Waals surface area contributed by atoms with Gasteiger partial charge in [0.1, 0.15) is 12.6 Å². The largest absolute Gasteiger partial charge is 0.468 e. The zero-order valence-corrected chi connectivity index (χ0v) is 13.9. The Morgan fingerprint density at radius 1 is 1.16 bits per heavy atom. The maximum Gasteiger partial charge on any atom is 0.325 e. The highest BCUT2D eigenvalue weighted by atomic mass is 16.5. The standard InChI is InChI=1S/C19H19N3O3/c1-25-17(23)12-22-16-10-6-5-9-14(16)18(13-7-3-2-4-8-13)21-15(11-20)19(22)24/h2-10,15H,11-12,20H2,1H3. The topological polar surface area (TPSA) is 85.0 Å². The van der Waals surface area contributed by atoms with Crippen LogP contribution in [0.3, 0.4) is 0 Å². The zero-order chi connectivity index (χ0) is 17.8. The molecule has 128 valence electrons. The molecule has 0 aromatic heterocycles. The molecule has 0 saturated carbocycles. The predicted molar refractivity (Wildman–Crippen MR) is 95.7 cm³/mol. The number of nitrogens with zero attached hydrogens (tertiary/aromatic N) is 2. The van der Waals surface area contributed by atoms with Crippen LogP contribution >= 0.6 is 0 Å². The van der Waals surface area contributed by atoms with Crippen molar-refractivity contribution >= 4 is 23.3 Å². The fourth-order valence-electron chi connectivity index (χ4n) is 2.82. The molecule has 0 saturated heterocycles. The van der Waals surface area contributed by atoms with E-state index in [1.807, 2.05) is 48.5 Å². The van der Waals surface area contributed by atoms with Crippen molar-refractivity contribution in [2.75, 3.05) is 25.1 Å². The first-order valence-corrected chi connectivity index (χ1v) is 7.96. The number of ether oxygens (including phenoxy) is 1. The molecule has 3 rings (SSSR count). The van der Waals surface area contributed by atoms with Gasteiger partial charge in [0.05, 0.1) is 18.5 Å². The Morgan fingerprint density at radius 2 is 1.84 bits per heavy atom. The van der Waals surface area contributed by atoms with Crippen molar-refractivity contribution in [1.29, 1.82) is 0 Å². The summed E-state index contributed by atoms with van der Waals surface area (Å²) >= 11 is 0. The molecule has 1 amide bonds. The SMILES string of the molecule is COC(=O)CN1C(=O)C(CN)N=C(c2ccccc2)c2ccccc21. The van der Waals surface area contributed by atoms with Gasteiger partial charge in [-0.25, -0.2) is 0 Å². The van der Waals surface area contributed by atoms with Crippen LogP contribution in [0.5, 0.6) is 0 Å². The molecule has 0 aliphatic carbocycles. The third-order valence-corrected chi connectivity index (χ3v) is 4.07. The summed E-state index contributed by atoms with van der Waals surface area (Å²) in [5.41, 5.74) is 8.77. The lowest BCUT2D eigenvalue weighted by Gasteiger charge is -2.23. The van der Waals surface area contributed by atoms with E-state index in [2.05, 4.69) is 4.99 Å². The van der Waals surface area contributed by atoms with Gasteiger partial charge in [-0.3, -0.25) is 19.5 Å². The molecule has 0 spiro atoms. The summed E-state index contributed by atoms with van der Waals surface area (Å²) in [6.45, 7) is -0.124. The number of carbonyl (C=O) groups is 2. The van der Waals surface area contributed by atoms with Crippen molar-refractivity contribution in [2.24, 2.45) is 10.7 Å². The van der Waals surface area contributed by atoms with E-state index in [-0.39, 0.29) is 19.0 Å². The number of anilines is 1. The minimum Gasteiger partial charge on any atom is -0.468 e. The Morgan fingerprint density at radius 3 is 2.52 bits per heavy atom. The van der Waals surface area contributed by atoms with Gasteiger partial charge in [0.25, 0.3) is 5.91 Å². The maximum atomic E-state index is 12.9. The Hall–Kier alpha value is -2.99. The lowest BCUT2D eigenvalue weighted by Crippen LogP contribution is -2.44. The molecule has 0 radical (unpaired) electrons. The molecule has 6 heteroatoms. The van der Waals surface area contributed by atoms with Gasteiger partial charge in [-0.15, -0.1) is 0 Å². The van der Waals surface area contributed by atoms with Crippen LogP contribution in [0.25, 0.3) is 0 Å². The summed E-state index contributed by atoms with van der Waals surface area (Å²) in [7, 11) is 1.29. The Balaban J connectivity index is 2.18. The molecule has 1 aliphatic rings. The van der Waals surface area contributed by atoms with Gasteiger partial charge in [0, 0.05) is 17.7 Å². The second-order valence-electron chi connectivity index (χ2n) is 5.61. The third kappa shape index (κ3) is 3.29. The number of nitrogens with two attached hydrogens (primary N) is 1. The van der Waals surface area contributed by atoms with E-state index in [1.165, 1.54) is 12.0 Å². The number of hydrogen-bond donors (Lipinski definition) is 1. The van der Waals surface area contributed by atoms with Crippen molar-refractivity contribution in [2.45, 2.75) is 6.04 Å². The molecule has 0 bridgehead atoms. The van der Waals surface area contributed by atoms with Crippen LogP contribution in [0.2, 0.25) is 0 Å². The van der Waals surface area contributed by atoms with E-state index in [0.29, 0.717) is 11.4 Å². The van der Waals surface area contributed by atoms with Crippen molar-refractivity contribution < 1.29 is 14.3 Å². The summed E-state index contributed by atoms with van der Waals surface area (Å²) < 4.78 is 4.74. The molecule has 0 fully saturated rings. The number of rotatable bonds is 4. The van der Waals surface area contributed by atoms with E-state index >= 15 is 0 Å². The first-order valence-electron chi connectivity index (χ1n) is 7.96. The molecule has 2 aromatic rings. The van der Waals surface area contributed by atoms with Gasteiger partial charge in [-0.1, -0.05) is 48.5 Å². The lowest BCUT2D eigenvalue weighted by atomic mass is 10.0. The van der Waals surface area contributed by atoms with Crippen LogP contribution < -0.4 is 10.6 Å². The number of aliphatic imine (C=N–C) groups is 1. The number of benzene rings is 2. The quantitative estimate of drug-likeness (QED) is 0.854. The Labute approximate surface area is 145 Å². The summed E-state index contributed by atoms with van der Waals surface area (Å²) in [6, 6.07) is 16.2. The lowest BCUT2D eigenvalue weighted by molar-refractivity contribution is -0.140. The number of amides is 1. The number of para-hydroxylation sites is 1. The first-order chi connectivity index (χ1) is 12.2. The molecule has 25 heavy (non-hydrogen) atoms. The smallest absolute Gasteiger partial charge is 0.325 e. The molecule has 1 atom stereocenters. The van der Waals surface area contributed by atoms with E-state index in [0.717, 1.165) is 11.1 Å². The average molecular weight is 337 g/mol. The van der Waals surface area contributed by atoms with Gasteiger partial charge in [-0.2, -0.15) is 0 Å². The van der Waals surface area contributed by atoms with E-state index < -0.39 is 12.0 Å². The van der Waals surface area contributed by atoms with Crippen LogP contribution in [0.4, 0.5) is 5.69 Å². The molecule has 6 nitrogen and oxygen atoms in total. The van der Waals surface area contributed by atoms with Crippen molar-refractivity contribution in [3.63, 3.8) is 0 Å². The highest BCUT2D eigenvalue weighted by Crippen LogP contribution is 2.28. The molecule has 2 N–H and O–H groups in total. The van der Waals surface area contributed by atoms with E-state index in [9.17, 15) is 9.59 Å². The van der Waals surface area contributed by atoms with Crippen molar-refractivity contribution in [1.82, 2.24) is 0 Å². The summed E-state index contributed by atoms with van der Waals surface area (Å²) in [6.07, 6.45) is 0. The Bertz CT molecular complexity index is 818. The highest BCUT2D eigenvalue weighted by Gasteiger charge is 2.32. The van der Waals surface area contributed by atoms with Gasteiger partial charge in [0.2, 0.25) is 0 Å². The van der Waals surface area contributed by atoms with Crippen LogP contribution in [0.1, 0.15) is 11.1 Å². The van der Waals surface area contributed by atoms with Crippen LogP contribution in [0, 0.1) is 0 Å². The minimum atomic E-state index is -0.757. The average Bonchev–Trinajstić information content (AvgIpc) is 2.78. The second kappa shape index (κ2) is 7.27. The summed E-state index contributed by atoms with van der Waals surface area (Å²) in [4.78, 5) is 30.7. The zero-order valence-electron chi connectivity index (χ0n) is 13.9. The third-order valence-electron chi connectivity index (χ3n) is 4.07. The maximum absolute atomic E-state index is 12.9. The van der Waals surface area contributed by atoms with Crippen LogP contribution in [0.15, 0.2) is 59.6 Å². The molecule has 1 aliphatic heterocycles. The number of methoxy groups -OCH3 is 1. The number of hydrogen-bond acceptors (Lipinski definition) is 5. The second-order valence-corrected chi connectivity index (χ2v) is 5.61. The Kier molecular flexibility index (Phi) is 4.90. The van der Waals surface area contributed by atoms with Crippen LogP contribution in [-0.4, -0.2) is 43.8 Å². The molecular weight excluding hydrogens is 318 g/mol. The monoisotopic (exact) mass is 337 g/mol. The highest BCUT2D eigenvalue weighted by molar-refractivity contribution is 6.20. The van der Waals surface area contributed by atoms with E-state index in [4.69, 9.17) is 10.5 Å². The number of carbonyl (C=O) groups excluding carboxylic acids is 2.